The lowest BCUT2D eigenvalue weighted by atomic mass is 10.2. The van der Waals surface area contributed by atoms with Crippen LogP contribution in [0.1, 0.15) is 30.1 Å². The molecule has 0 unspecified atom stereocenters. The number of hydrogen-bond acceptors (Lipinski definition) is 4. The zero-order valence-electron chi connectivity index (χ0n) is 10.2. The summed E-state index contributed by atoms with van der Waals surface area (Å²) in [4.78, 5) is 11.0. The molecule has 0 saturated carbocycles. The van der Waals surface area contributed by atoms with Crippen LogP contribution in [0.4, 0.5) is 4.39 Å². The van der Waals surface area contributed by atoms with Gasteiger partial charge in [0.1, 0.15) is 10.7 Å². The molecule has 0 aliphatic carbocycles. The van der Waals surface area contributed by atoms with E-state index in [-0.39, 0.29) is 16.6 Å². The van der Waals surface area contributed by atoms with E-state index in [1.54, 1.807) is 0 Å². The maximum Gasteiger partial charge on any atom is 0.339 e. The molecule has 0 aromatic heterocycles. The third-order valence-electron chi connectivity index (χ3n) is 2.28. The number of primary sulfonamides is 1. The molecule has 1 rings (SSSR count). The number of benzene rings is 1. The fourth-order valence-electron chi connectivity index (χ4n) is 1.29. The molecule has 0 aliphatic rings. The predicted octanol–water partition coefficient (Wildman–Crippen LogP) is 2.19. The molecule has 0 bridgehead atoms. The van der Waals surface area contributed by atoms with Crippen molar-refractivity contribution in [1.82, 2.24) is 0 Å². The van der Waals surface area contributed by atoms with E-state index in [2.05, 4.69) is 15.9 Å². The van der Waals surface area contributed by atoms with E-state index in [9.17, 15) is 17.6 Å². The minimum Gasteiger partial charge on any atom is -0.462 e. The topological polar surface area (TPSA) is 86.5 Å². The predicted molar refractivity (Wildman–Crippen MR) is 70.7 cm³/mol. The van der Waals surface area contributed by atoms with Crippen molar-refractivity contribution in [3.63, 3.8) is 0 Å². The average Bonchev–Trinajstić information content (AvgIpc) is 2.27. The van der Waals surface area contributed by atoms with Gasteiger partial charge in [0.25, 0.3) is 0 Å². The minimum absolute atomic E-state index is 0.0819. The van der Waals surface area contributed by atoms with E-state index in [0.29, 0.717) is 6.42 Å². The Bertz CT molecular complexity index is 589. The van der Waals surface area contributed by atoms with Crippen molar-refractivity contribution in [1.29, 1.82) is 0 Å². The Labute approximate surface area is 119 Å². The van der Waals surface area contributed by atoms with Crippen molar-refractivity contribution in [3.8, 4) is 0 Å². The summed E-state index contributed by atoms with van der Waals surface area (Å²) in [7, 11) is -4.24. The number of nitrogens with two attached hydrogens (primary N) is 1. The summed E-state index contributed by atoms with van der Waals surface area (Å²) in [6.45, 7) is 2.14. The van der Waals surface area contributed by atoms with Gasteiger partial charge in [0, 0.05) is 4.47 Å². The highest BCUT2D eigenvalue weighted by molar-refractivity contribution is 9.10. The lowest BCUT2D eigenvalue weighted by Gasteiger charge is -2.08. The van der Waals surface area contributed by atoms with Gasteiger partial charge in [-0.3, -0.25) is 0 Å². The number of unbranched alkanes of at least 4 members (excludes halogenated alkanes) is 1. The van der Waals surface area contributed by atoms with Gasteiger partial charge in [-0.25, -0.2) is 22.7 Å². The second-order valence-electron chi connectivity index (χ2n) is 3.80. The first-order chi connectivity index (χ1) is 8.77. The summed E-state index contributed by atoms with van der Waals surface area (Å²) < 4.78 is 40.8. The maximum absolute atomic E-state index is 13.5. The molecule has 1 aromatic rings. The lowest BCUT2D eigenvalue weighted by Crippen LogP contribution is -2.16. The molecule has 5 nitrogen and oxygen atoms in total. The molecule has 8 heteroatoms. The summed E-state index contributed by atoms with van der Waals surface area (Å²) in [5.74, 6) is -1.76. The van der Waals surface area contributed by atoms with E-state index in [4.69, 9.17) is 9.88 Å². The Morgan fingerprint density at radius 1 is 1.47 bits per heavy atom. The number of halogens is 2. The van der Waals surface area contributed by atoms with E-state index >= 15 is 0 Å². The highest BCUT2D eigenvalue weighted by Gasteiger charge is 2.21. The monoisotopic (exact) mass is 353 g/mol. The molecule has 0 atom stereocenters. The molecular weight excluding hydrogens is 341 g/mol. The van der Waals surface area contributed by atoms with E-state index in [1.807, 2.05) is 6.92 Å². The standard InChI is InChI=1S/C11H13BrFNO4S/c1-2-3-4-18-11(15)7-5-10(19(14,16)17)9(13)6-8(7)12/h5-6H,2-4H2,1H3,(H2,14,16,17). The largest absolute Gasteiger partial charge is 0.462 e. The van der Waals surface area contributed by atoms with E-state index in [1.165, 1.54) is 0 Å². The zero-order chi connectivity index (χ0) is 14.6. The second kappa shape index (κ2) is 6.44. The van der Waals surface area contributed by atoms with Crippen molar-refractivity contribution < 1.29 is 22.3 Å². The number of esters is 1. The smallest absolute Gasteiger partial charge is 0.339 e. The van der Waals surface area contributed by atoms with Gasteiger partial charge >= 0.3 is 5.97 Å². The van der Waals surface area contributed by atoms with Gasteiger partial charge in [-0.05, 0) is 34.5 Å². The maximum atomic E-state index is 13.5. The Morgan fingerprint density at radius 3 is 2.63 bits per heavy atom. The van der Waals surface area contributed by atoms with Gasteiger partial charge in [-0.2, -0.15) is 0 Å². The molecule has 0 spiro atoms. The molecule has 2 N–H and O–H groups in total. The number of carbonyl (C=O) groups excluding carboxylic acids is 1. The van der Waals surface area contributed by atoms with Gasteiger partial charge in [0.15, 0.2) is 0 Å². The lowest BCUT2D eigenvalue weighted by molar-refractivity contribution is 0.0498. The Morgan fingerprint density at radius 2 is 2.11 bits per heavy atom. The molecule has 0 amide bonds. The SMILES string of the molecule is CCCCOC(=O)c1cc(S(N)(=O)=O)c(F)cc1Br. The Kier molecular flexibility index (Phi) is 5.45. The Balaban J connectivity index is 3.11. The van der Waals surface area contributed by atoms with Crippen molar-refractivity contribution in [3.05, 3.63) is 28.0 Å². The van der Waals surface area contributed by atoms with Crippen LogP contribution in [0.3, 0.4) is 0 Å². The molecular formula is C11H13BrFNO4S. The van der Waals surface area contributed by atoms with Gasteiger partial charge in [0.2, 0.25) is 10.0 Å². The van der Waals surface area contributed by atoms with Crippen molar-refractivity contribution >= 4 is 31.9 Å². The number of hydrogen-bond donors (Lipinski definition) is 1. The van der Waals surface area contributed by atoms with Crippen LogP contribution >= 0.6 is 15.9 Å². The molecule has 0 fully saturated rings. The van der Waals surface area contributed by atoms with Gasteiger partial charge in [-0.1, -0.05) is 13.3 Å². The first-order valence-corrected chi connectivity index (χ1v) is 7.80. The van der Waals surface area contributed by atoms with Crippen LogP contribution in [0.2, 0.25) is 0 Å². The fourth-order valence-corrected chi connectivity index (χ4v) is 2.38. The molecule has 19 heavy (non-hydrogen) atoms. The first-order valence-electron chi connectivity index (χ1n) is 5.46. The van der Waals surface area contributed by atoms with Crippen LogP contribution in [-0.2, 0) is 14.8 Å². The van der Waals surface area contributed by atoms with Crippen molar-refractivity contribution in [2.75, 3.05) is 6.61 Å². The van der Waals surface area contributed by atoms with Gasteiger partial charge in [-0.15, -0.1) is 0 Å². The summed E-state index contributed by atoms with van der Waals surface area (Å²) in [6.07, 6.45) is 1.53. The van der Waals surface area contributed by atoms with Crippen molar-refractivity contribution in [2.24, 2.45) is 5.14 Å². The summed E-state index contributed by atoms with van der Waals surface area (Å²) in [5, 5.41) is 4.86. The summed E-state index contributed by atoms with van der Waals surface area (Å²) in [6, 6.07) is 1.74. The van der Waals surface area contributed by atoms with Crippen LogP contribution in [0, 0.1) is 5.82 Å². The number of carbonyl (C=O) groups is 1. The normalized spacial score (nSPS) is 11.4. The third kappa shape index (κ3) is 4.26. The molecule has 0 aliphatic heterocycles. The van der Waals surface area contributed by atoms with E-state index in [0.717, 1.165) is 18.6 Å². The van der Waals surface area contributed by atoms with Crippen LogP contribution in [0.15, 0.2) is 21.5 Å². The number of sulfonamides is 1. The fraction of sp³-hybridized carbons (Fsp3) is 0.364. The quantitative estimate of drug-likeness (QED) is 0.649. The molecule has 1 aromatic carbocycles. The second-order valence-corrected chi connectivity index (χ2v) is 6.18. The van der Waals surface area contributed by atoms with Crippen LogP contribution in [0.25, 0.3) is 0 Å². The molecule has 0 radical (unpaired) electrons. The van der Waals surface area contributed by atoms with E-state index < -0.39 is 26.7 Å². The average molecular weight is 354 g/mol. The first kappa shape index (κ1) is 16.1. The molecule has 0 heterocycles. The van der Waals surface area contributed by atoms with Crippen LogP contribution < -0.4 is 5.14 Å². The highest BCUT2D eigenvalue weighted by atomic mass is 79.9. The number of ether oxygens (including phenoxy) is 1. The van der Waals surface area contributed by atoms with Gasteiger partial charge in [0.05, 0.1) is 12.2 Å². The number of rotatable bonds is 5. The Hall–Kier alpha value is -0.990. The molecule has 0 saturated heterocycles. The van der Waals surface area contributed by atoms with Crippen molar-refractivity contribution in [2.45, 2.75) is 24.7 Å². The van der Waals surface area contributed by atoms with Gasteiger partial charge < -0.3 is 4.74 Å². The third-order valence-corrected chi connectivity index (χ3v) is 3.86. The summed E-state index contributed by atoms with van der Waals surface area (Å²) >= 11 is 2.98. The summed E-state index contributed by atoms with van der Waals surface area (Å²) in [5.41, 5.74) is -0.0819. The minimum atomic E-state index is -4.24. The van der Waals surface area contributed by atoms with Crippen LogP contribution in [0.5, 0.6) is 0 Å². The zero-order valence-corrected chi connectivity index (χ0v) is 12.6. The molecule has 106 valence electrons. The highest BCUT2D eigenvalue weighted by Crippen LogP contribution is 2.24. The van der Waals surface area contributed by atoms with Crippen LogP contribution in [-0.4, -0.2) is 21.0 Å².